The number of hydrogen-bond acceptors (Lipinski definition) is 3. The van der Waals surface area contributed by atoms with Crippen molar-refractivity contribution in [1.29, 1.82) is 0 Å². The minimum absolute atomic E-state index is 0.0635. The predicted molar refractivity (Wildman–Crippen MR) is 48.3 cm³/mol. The number of nitro groups is 1. The molecule has 0 bridgehead atoms. The van der Waals surface area contributed by atoms with Crippen molar-refractivity contribution in [3.8, 4) is 0 Å². The number of halogens is 1. The third-order valence-corrected chi connectivity index (χ3v) is 2.55. The van der Waals surface area contributed by atoms with Gasteiger partial charge in [0.1, 0.15) is 5.82 Å². The number of nitro benzene ring substituents is 1. The monoisotopic (exact) mass is 196 g/mol. The number of nitrogens with two attached hydrogens (primary N) is 1. The van der Waals surface area contributed by atoms with Gasteiger partial charge in [-0.1, -0.05) is 0 Å². The van der Waals surface area contributed by atoms with Gasteiger partial charge >= 0.3 is 0 Å². The molecule has 1 aliphatic rings. The van der Waals surface area contributed by atoms with E-state index in [1.54, 1.807) is 0 Å². The summed E-state index contributed by atoms with van der Waals surface area (Å²) in [4.78, 5) is 10.1. The summed E-state index contributed by atoms with van der Waals surface area (Å²) in [6.45, 7) is 0. The van der Waals surface area contributed by atoms with Crippen molar-refractivity contribution < 1.29 is 9.31 Å². The van der Waals surface area contributed by atoms with Crippen molar-refractivity contribution in [2.24, 2.45) is 5.73 Å². The Balaban J connectivity index is 2.66. The Labute approximate surface area is 79.7 Å². The number of fused-ring (bicyclic) bond motifs is 1. The van der Waals surface area contributed by atoms with E-state index in [0.717, 1.165) is 6.07 Å². The lowest BCUT2D eigenvalue weighted by atomic mass is 10.1. The Morgan fingerprint density at radius 2 is 2.29 bits per heavy atom. The highest BCUT2D eigenvalue weighted by atomic mass is 19.1. The molecule has 0 heterocycles. The molecule has 2 rings (SSSR count). The van der Waals surface area contributed by atoms with Crippen LogP contribution in [0.2, 0.25) is 0 Å². The molecule has 1 aromatic rings. The molecule has 0 fully saturated rings. The molecule has 0 saturated carbocycles. The SMILES string of the molecule is N[C@H]1CCc2c(F)ccc([N+](=O)[O-])c21. The van der Waals surface area contributed by atoms with Crippen LogP contribution in [-0.4, -0.2) is 4.92 Å². The maximum absolute atomic E-state index is 13.2. The van der Waals surface area contributed by atoms with Crippen LogP contribution in [0.3, 0.4) is 0 Å². The molecule has 5 heteroatoms. The smallest absolute Gasteiger partial charge is 0.274 e. The van der Waals surface area contributed by atoms with Crippen LogP contribution in [0.1, 0.15) is 23.6 Å². The summed E-state index contributed by atoms with van der Waals surface area (Å²) in [5.74, 6) is -0.390. The Bertz CT molecular complexity index is 406. The van der Waals surface area contributed by atoms with Crippen LogP contribution in [0.5, 0.6) is 0 Å². The van der Waals surface area contributed by atoms with E-state index >= 15 is 0 Å². The first-order chi connectivity index (χ1) is 6.61. The van der Waals surface area contributed by atoms with Gasteiger partial charge in [-0.2, -0.15) is 0 Å². The van der Waals surface area contributed by atoms with Gasteiger partial charge in [-0.05, 0) is 24.5 Å². The molecule has 0 saturated heterocycles. The van der Waals surface area contributed by atoms with Crippen molar-refractivity contribution in [2.75, 3.05) is 0 Å². The molecule has 4 nitrogen and oxygen atoms in total. The van der Waals surface area contributed by atoms with E-state index in [-0.39, 0.29) is 5.69 Å². The molecule has 1 aliphatic carbocycles. The lowest BCUT2D eigenvalue weighted by Crippen LogP contribution is -2.08. The van der Waals surface area contributed by atoms with Gasteiger partial charge in [0.15, 0.2) is 0 Å². The van der Waals surface area contributed by atoms with Gasteiger partial charge in [0.2, 0.25) is 0 Å². The maximum atomic E-state index is 13.2. The third kappa shape index (κ3) is 1.17. The first kappa shape index (κ1) is 9.08. The number of hydrogen-bond donors (Lipinski definition) is 1. The summed E-state index contributed by atoms with van der Waals surface area (Å²) >= 11 is 0. The Morgan fingerprint density at radius 3 is 2.93 bits per heavy atom. The van der Waals surface area contributed by atoms with Gasteiger partial charge in [-0.25, -0.2) is 4.39 Å². The lowest BCUT2D eigenvalue weighted by Gasteiger charge is -2.05. The summed E-state index contributed by atoms with van der Waals surface area (Å²) in [5.41, 5.74) is 6.40. The quantitative estimate of drug-likeness (QED) is 0.548. The molecule has 1 aromatic carbocycles. The molecule has 0 unspecified atom stereocenters. The van der Waals surface area contributed by atoms with E-state index in [1.165, 1.54) is 6.07 Å². The molecule has 0 amide bonds. The van der Waals surface area contributed by atoms with Gasteiger partial charge in [-0.15, -0.1) is 0 Å². The summed E-state index contributed by atoms with van der Waals surface area (Å²) in [5, 5.41) is 10.6. The summed E-state index contributed by atoms with van der Waals surface area (Å²) in [6, 6.07) is 1.91. The van der Waals surface area contributed by atoms with Crippen LogP contribution in [0, 0.1) is 15.9 Å². The standard InChI is InChI=1S/C9H9FN2O2/c10-6-2-4-8(12(13)14)9-5(6)1-3-7(9)11/h2,4,7H,1,3,11H2/t7-/m0/s1. The second kappa shape index (κ2) is 3.02. The molecule has 0 spiro atoms. The summed E-state index contributed by atoms with van der Waals surface area (Å²) in [6.07, 6.45) is 1.07. The lowest BCUT2D eigenvalue weighted by molar-refractivity contribution is -0.385. The van der Waals surface area contributed by atoms with Gasteiger partial charge in [0.25, 0.3) is 5.69 Å². The van der Waals surface area contributed by atoms with Crippen LogP contribution in [-0.2, 0) is 6.42 Å². The zero-order valence-electron chi connectivity index (χ0n) is 7.37. The number of rotatable bonds is 1. The Kier molecular flexibility index (Phi) is 1.96. The third-order valence-electron chi connectivity index (χ3n) is 2.55. The largest absolute Gasteiger partial charge is 0.324 e. The van der Waals surface area contributed by atoms with E-state index < -0.39 is 16.8 Å². The van der Waals surface area contributed by atoms with Gasteiger partial charge in [0, 0.05) is 12.1 Å². The average molecular weight is 196 g/mol. The molecule has 0 aromatic heterocycles. The highest BCUT2D eigenvalue weighted by Gasteiger charge is 2.30. The minimum atomic E-state index is -0.510. The van der Waals surface area contributed by atoms with Crippen LogP contribution in [0.4, 0.5) is 10.1 Å². The molecule has 0 aliphatic heterocycles. The highest BCUT2D eigenvalue weighted by molar-refractivity contribution is 5.50. The van der Waals surface area contributed by atoms with E-state index in [4.69, 9.17) is 5.73 Å². The van der Waals surface area contributed by atoms with Crippen LogP contribution < -0.4 is 5.73 Å². The predicted octanol–water partition coefficient (Wildman–Crippen LogP) is 1.68. The van der Waals surface area contributed by atoms with Crippen LogP contribution in [0.15, 0.2) is 12.1 Å². The summed E-state index contributed by atoms with van der Waals surface area (Å²) in [7, 11) is 0. The van der Waals surface area contributed by atoms with Crippen molar-refractivity contribution in [2.45, 2.75) is 18.9 Å². The molecule has 74 valence electrons. The number of benzene rings is 1. The van der Waals surface area contributed by atoms with E-state index in [2.05, 4.69) is 0 Å². The molecule has 14 heavy (non-hydrogen) atoms. The fraction of sp³-hybridized carbons (Fsp3) is 0.333. The van der Waals surface area contributed by atoms with E-state index in [9.17, 15) is 14.5 Å². The topological polar surface area (TPSA) is 69.2 Å². The number of nitrogens with zero attached hydrogens (tertiary/aromatic N) is 1. The van der Waals surface area contributed by atoms with E-state index in [1.807, 2.05) is 0 Å². The van der Waals surface area contributed by atoms with Crippen molar-refractivity contribution in [3.63, 3.8) is 0 Å². The maximum Gasteiger partial charge on any atom is 0.274 e. The van der Waals surface area contributed by atoms with Crippen molar-refractivity contribution in [3.05, 3.63) is 39.2 Å². The zero-order chi connectivity index (χ0) is 10.3. The Hall–Kier alpha value is -1.49. The second-order valence-electron chi connectivity index (χ2n) is 3.36. The molecule has 1 atom stereocenters. The minimum Gasteiger partial charge on any atom is -0.324 e. The fourth-order valence-corrected chi connectivity index (χ4v) is 1.90. The average Bonchev–Trinajstić information content (AvgIpc) is 2.50. The fourth-order valence-electron chi connectivity index (χ4n) is 1.90. The molecule has 2 N–H and O–H groups in total. The van der Waals surface area contributed by atoms with Crippen LogP contribution in [0.25, 0.3) is 0 Å². The van der Waals surface area contributed by atoms with Crippen molar-refractivity contribution >= 4 is 5.69 Å². The Morgan fingerprint density at radius 1 is 1.57 bits per heavy atom. The van der Waals surface area contributed by atoms with Gasteiger partial charge < -0.3 is 5.73 Å². The zero-order valence-corrected chi connectivity index (χ0v) is 7.37. The molecule has 0 radical (unpaired) electrons. The van der Waals surface area contributed by atoms with Gasteiger partial charge in [-0.3, -0.25) is 10.1 Å². The van der Waals surface area contributed by atoms with Crippen molar-refractivity contribution in [1.82, 2.24) is 0 Å². The first-order valence-corrected chi connectivity index (χ1v) is 4.32. The van der Waals surface area contributed by atoms with Gasteiger partial charge in [0.05, 0.1) is 10.5 Å². The van der Waals surface area contributed by atoms with Crippen LogP contribution >= 0.6 is 0 Å². The normalized spacial score (nSPS) is 19.4. The highest BCUT2D eigenvalue weighted by Crippen LogP contribution is 2.37. The summed E-state index contributed by atoms with van der Waals surface area (Å²) < 4.78 is 13.2. The first-order valence-electron chi connectivity index (χ1n) is 4.32. The second-order valence-corrected chi connectivity index (χ2v) is 3.36. The van der Waals surface area contributed by atoms with E-state index in [0.29, 0.717) is 24.0 Å². The molecular weight excluding hydrogens is 187 g/mol. The molecular formula is C9H9FN2O2.